The molecule has 1 aliphatic rings. The van der Waals surface area contributed by atoms with Gasteiger partial charge < -0.3 is 15.5 Å². The quantitative estimate of drug-likeness (QED) is 0.864. The highest BCUT2D eigenvalue weighted by Gasteiger charge is 2.25. The second kappa shape index (κ2) is 7.33. The van der Waals surface area contributed by atoms with Gasteiger partial charge in [-0.25, -0.2) is 9.97 Å². The van der Waals surface area contributed by atoms with Gasteiger partial charge in [-0.2, -0.15) is 4.37 Å². The molecule has 0 aliphatic carbocycles. The van der Waals surface area contributed by atoms with Crippen molar-refractivity contribution in [2.45, 2.75) is 19.8 Å². The van der Waals surface area contributed by atoms with E-state index in [-0.39, 0.29) is 5.91 Å². The van der Waals surface area contributed by atoms with Gasteiger partial charge in [-0.1, -0.05) is 6.92 Å². The molecule has 7 nitrogen and oxygen atoms in total. The van der Waals surface area contributed by atoms with E-state index in [1.54, 1.807) is 0 Å². The predicted molar refractivity (Wildman–Crippen MR) is 92.3 cm³/mol. The number of rotatable bonds is 5. The van der Waals surface area contributed by atoms with Gasteiger partial charge in [0.05, 0.1) is 5.01 Å². The van der Waals surface area contributed by atoms with E-state index in [1.807, 2.05) is 10.3 Å². The van der Waals surface area contributed by atoms with Crippen molar-refractivity contribution in [2.75, 3.05) is 37.6 Å². The van der Waals surface area contributed by atoms with E-state index in [1.165, 1.54) is 22.9 Å². The summed E-state index contributed by atoms with van der Waals surface area (Å²) in [5, 5.41) is 3.71. The smallest absolute Gasteiger partial charge is 0.273 e. The van der Waals surface area contributed by atoms with Crippen molar-refractivity contribution in [1.82, 2.24) is 19.2 Å². The minimum atomic E-state index is 0.00989. The third-order valence-electron chi connectivity index (χ3n) is 3.74. The Morgan fingerprint density at radius 1 is 1.30 bits per heavy atom. The predicted octanol–water partition coefficient (Wildman–Crippen LogP) is 1.02. The Labute approximate surface area is 143 Å². The van der Waals surface area contributed by atoms with Crippen LogP contribution in [0.15, 0.2) is 5.38 Å². The van der Waals surface area contributed by atoms with E-state index < -0.39 is 0 Å². The van der Waals surface area contributed by atoms with Crippen molar-refractivity contribution in [3.05, 3.63) is 21.9 Å². The largest absolute Gasteiger partial charge is 0.343 e. The molecule has 23 heavy (non-hydrogen) atoms. The average Bonchev–Trinajstić information content (AvgIpc) is 3.24. The van der Waals surface area contributed by atoms with Crippen LogP contribution >= 0.6 is 22.9 Å². The van der Waals surface area contributed by atoms with Crippen molar-refractivity contribution in [2.24, 2.45) is 5.73 Å². The fourth-order valence-corrected chi connectivity index (χ4v) is 4.02. The van der Waals surface area contributed by atoms with E-state index in [0.29, 0.717) is 25.3 Å². The molecule has 124 valence electrons. The molecule has 1 aliphatic heterocycles. The molecule has 1 saturated heterocycles. The summed E-state index contributed by atoms with van der Waals surface area (Å²) < 4.78 is 4.32. The first kappa shape index (κ1) is 16.3. The van der Waals surface area contributed by atoms with Crippen LogP contribution in [0.2, 0.25) is 0 Å². The van der Waals surface area contributed by atoms with Gasteiger partial charge in [-0.3, -0.25) is 4.79 Å². The van der Waals surface area contributed by atoms with Gasteiger partial charge >= 0.3 is 0 Å². The standard InChI is InChI=1S/C14H20N6OS2/c1-2-11-17-14(23-18-11)20-7-5-19(6-8-20)13(21)10-9-22-12(16-10)3-4-15/h9H,2-8,15H2,1H3. The lowest BCUT2D eigenvalue weighted by Gasteiger charge is -2.34. The zero-order valence-corrected chi connectivity index (χ0v) is 14.7. The topological polar surface area (TPSA) is 88.2 Å². The van der Waals surface area contributed by atoms with Crippen molar-refractivity contribution in [3.63, 3.8) is 0 Å². The SMILES string of the molecule is CCc1nsc(N2CCN(C(=O)c3csc(CCN)n3)CC2)n1. The summed E-state index contributed by atoms with van der Waals surface area (Å²) >= 11 is 2.94. The minimum absolute atomic E-state index is 0.00989. The highest BCUT2D eigenvalue weighted by Crippen LogP contribution is 2.20. The van der Waals surface area contributed by atoms with Crippen molar-refractivity contribution in [3.8, 4) is 0 Å². The molecule has 1 amide bonds. The number of nitrogens with zero attached hydrogens (tertiary/aromatic N) is 5. The number of carbonyl (C=O) groups excluding carboxylic acids is 1. The van der Waals surface area contributed by atoms with Crippen LogP contribution in [0.1, 0.15) is 28.2 Å². The molecule has 0 saturated carbocycles. The van der Waals surface area contributed by atoms with Gasteiger partial charge in [-0.05, 0) is 6.54 Å². The summed E-state index contributed by atoms with van der Waals surface area (Å²) in [5.74, 6) is 0.897. The first-order valence-corrected chi connectivity index (χ1v) is 9.37. The molecule has 2 N–H and O–H groups in total. The van der Waals surface area contributed by atoms with Crippen molar-refractivity contribution < 1.29 is 4.79 Å². The lowest BCUT2D eigenvalue weighted by molar-refractivity contribution is 0.0741. The third-order valence-corrected chi connectivity index (χ3v) is 5.46. The van der Waals surface area contributed by atoms with Gasteiger partial charge in [0.2, 0.25) is 5.13 Å². The maximum absolute atomic E-state index is 12.5. The first-order chi connectivity index (χ1) is 11.2. The first-order valence-electron chi connectivity index (χ1n) is 7.72. The van der Waals surface area contributed by atoms with Gasteiger partial charge in [0, 0.05) is 55.9 Å². The summed E-state index contributed by atoms with van der Waals surface area (Å²) in [5.41, 5.74) is 6.06. The Kier molecular flexibility index (Phi) is 5.19. The Balaban J connectivity index is 1.58. The number of aromatic nitrogens is 3. The molecule has 0 spiro atoms. The molecule has 0 atom stereocenters. The summed E-state index contributed by atoms with van der Waals surface area (Å²) in [6, 6.07) is 0. The number of nitrogens with two attached hydrogens (primary N) is 1. The molecule has 9 heteroatoms. The van der Waals surface area contributed by atoms with Crippen LogP contribution in [0, 0.1) is 0 Å². The molecule has 3 rings (SSSR count). The summed E-state index contributed by atoms with van der Waals surface area (Å²) in [4.78, 5) is 25.5. The van der Waals surface area contributed by atoms with Gasteiger partial charge in [-0.15, -0.1) is 11.3 Å². The molecule has 2 aromatic rings. The summed E-state index contributed by atoms with van der Waals surface area (Å²) in [6.45, 7) is 5.54. The second-order valence-electron chi connectivity index (χ2n) is 5.29. The Morgan fingerprint density at radius 2 is 2.09 bits per heavy atom. The van der Waals surface area contributed by atoms with E-state index in [0.717, 1.165) is 41.9 Å². The molecule has 1 fully saturated rings. The summed E-state index contributed by atoms with van der Waals surface area (Å²) in [7, 11) is 0. The third kappa shape index (κ3) is 3.67. The fourth-order valence-electron chi connectivity index (χ4n) is 2.43. The number of aryl methyl sites for hydroxylation is 1. The second-order valence-corrected chi connectivity index (χ2v) is 6.96. The van der Waals surface area contributed by atoms with Crippen molar-refractivity contribution in [1.29, 1.82) is 0 Å². The van der Waals surface area contributed by atoms with Crippen LogP contribution in [0.3, 0.4) is 0 Å². The highest BCUT2D eigenvalue weighted by molar-refractivity contribution is 7.10. The minimum Gasteiger partial charge on any atom is -0.343 e. The van der Waals surface area contributed by atoms with Crippen LogP contribution in [-0.2, 0) is 12.8 Å². The fraction of sp³-hybridized carbons (Fsp3) is 0.571. The van der Waals surface area contributed by atoms with Crippen LogP contribution < -0.4 is 10.6 Å². The average molecular weight is 352 g/mol. The number of piperazine rings is 1. The Hall–Kier alpha value is -1.58. The maximum atomic E-state index is 12.5. The molecular weight excluding hydrogens is 332 g/mol. The van der Waals surface area contributed by atoms with Crippen LogP contribution in [-0.4, -0.2) is 57.9 Å². The van der Waals surface area contributed by atoms with Crippen LogP contribution in [0.4, 0.5) is 5.13 Å². The van der Waals surface area contributed by atoms with Gasteiger partial charge in [0.1, 0.15) is 11.5 Å². The van der Waals surface area contributed by atoms with E-state index in [9.17, 15) is 4.79 Å². The number of hydrogen-bond donors (Lipinski definition) is 1. The molecule has 0 aromatic carbocycles. The highest BCUT2D eigenvalue weighted by atomic mass is 32.1. The molecule has 0 unspecified atom stereocenters. The van der Waals surface area contributed by atoms with Crippen molar-refractivity contribution >= 4 is 33.9 Å². The van der Waals surface area contributed by atoms with Gasteiger partial charge in [0.15, 0.2) is 0 Å². The van der Waals surface area contributed by atoms with Crippen LogP contribution in [0.25, 0.3) is 0 Å². The molecular formula is C14H20N6OS2. The molecule has 0 radical (unpaired) electrons. The number of hydrogen-bond acceptors (Lipinski definition) is 8. The summed E-state index contributed by atoms with van der Waals surface area (Å²) in [6.07, 6.45) is 1.58. The zero-order valence-electron chi connectivity index (χ0n) is 13.1. The molecule has 0 bridgehead atoms. The van der Waals surface area contributed by atoms with E-state index in [4.69, 9.17) is 5.73 Å². The lowest BCUT2D eigenvalue weighted by atomic mass is 10.3. The number of thiazole rings is 1. The maximum Gasteiger partial charge on any atom is 0.273 e. The zero-order chi connectivity index (χ0) is 16.2. The normalized spacial score (nSPS) is 15.2. The van der Waals surface area contributed by atoms with Gasteiger partial charge in [0.25, 0.3) is 5.91 Å². The van der Waals surface area contributed by atoms with E-state index >= 15 is 0 Å². The number of amides is 1. The molecule has 3 heterocycles. The monoisotopic (exact) mass is 352 g/mol. The Bertz CT molecular complexity index is 662. The molecule has 2 aromatic heterocycles. The van der Waals surface area contributed by atoms with Crippen LogP contribution in [0.5, 0.6) is 0 Å². The number of carbonyl (C=O) groups is 1. The Morgan fingerprint density at radius 3 is 2.74 bits per heavy atom. The van der Waals surface area contributed by atoms with E-state index in [2.05, 4.69) is 26.2 Å². The number of anilines is 1. The lowest BCUT2D eigenvalue weighted by Crippen LogP contribution is -2.48.